The van der Waals surface area contributed by atoms with Gasteiger partial charge in [-0.2, -0.15) is 0 Å². The number of hydrogen-bond acceptors (Lipinski definition) is 4. The van der Waals surface area contributed by atoms with Gasteiger partial charge in [0.15, 0.2) is 0 Å². The third-order valence-corrected chi connectivity index (χ3v) is 5.12. The number of amides is 2. The number of aryl methyl sites for hydroxylation is 1. The van der Waals surface area contributed by atoms with Gasteiger partial charge in [-0.3, -0.25) is 4.79 Å². The third-order valence-electron chi connectivity index (χ3n) is 5.12. The summed E-state index contributed by atoms with van der Waals surface area (Å²) >= 11 is 0. The Kier molecular flexibility index (Phi) is 5.35. The number of carbonyl (C=O) groups excluding carboxylic acids is 3. The molecule has 5 nitrogen and oxygen atoms in total. The maximum Gasteiger partial charge on any atom is 0.421 e. The molecule has 0 bridgehead atoms. The van der Waals surface area contributed by atoms with E-state index in [2.05, 4.69) is 0 Å². The first-order valence-electron chi connectivity index (χ1n) is 9.80. The maximum atomic E-state index is 13.8. The standard InChI is InChI=1S/C24H27NO4/c1-16-11-12-20-19(15-16)24(14-13-17(2)26,18-9-7-6-8-10-18)21(27)25(20)22(28)29-23(3,4)5/h6-12,15H,13-14H2,1-5H3/t24-/m1/s1. The molecule has 2 aromatic rings. The summed E-state index contributed by atoms with van der Waals surface area (Å²) in [7, 11) is 0. The molecule has 1 heterocycles. The fourth-order valence-corrected chi connectivity index (χ4v) is 3.84. The number of Topliss-reactive ketones (excluding diaryl/α,β-unsaturated/α-hetero) is 1. The van der Waals surface area contributed by atoms with Crippen LogP contribution in [0.3, 0.4) is 0 Å². The van der Waals surface area contributed by atoms with Gasteiger partial charge in [-0.1, -0.05) is 48.0 Å². The molecule has 0 aliphatic carbocycles. The molecule has 0 saturated carbocycles. The lowest BCUT2D eigenvalue weighted by molar-refractivity contribution is -0.122. The highest BCUT2D eigenvalue weighted by molar-refractivity contribution is 6.22. The number of fused-ring (bicyclic) bond motifs is 1. The monoisotopic (exact) mass is 393 g/mol. The summed E-state index contributed by atoms with van der Waals surface area (Å²) in [5, 5.41) is 0. The molecule has 1 aliphatic heterocycles. The zero-order chi connectivity index (χ0) is 21.4. The highest BCUT2D eigenvalue weighted by Gasteiger charge is 2.54. The molecule has 0 N–H and O–H groups in total. The quantitative estimate of drug-likeness (QED) is 0.739. The minimum atomic E-state index is -1.11. The van der Waals surface area contributed by atoms with Crippen LogP contribution in [-0.4, -0.2) is 23.4 Å². The lowest BCUT2D eigenvalue weighted by Gasteiger charge is -2.29. The van der Waals surface area contributed by atoms with E-state index in [1.165, 1.54) is 6.92 Å². The summed E-state index contributed by atoms with van der Waals surface area (Å²) in [6, 6.07) is 15.0. The Balaban J connectivity index is 2.23. The second kappa shape index (κ2) is 7.47. The molecule has 0 unspecified atom stereocenters. The molecule has 0 aromatic heterocycles. The van der Waals surface area contributed by atoms with Crippen LogP contribution in [0.5, 0.6) is 0 Å². The highest BCUT2D eigenvalue weighted by Crippen LogP contribution is 2.49. The fraction of sp³-hybridized carbons (Fsp3) is 0.375. The first kappa shape index (κ1) is 20.8. The molecule has 3 rings (SSSR count). The highest BCUT2D eigenvalue weighted by atomic mass is 16.6. The van der Waals surface area contributed by atoms with Crippen LogP contribution in [0.1, 0.15) is 57.2 Å². The van der Waals surface area contributed by atoms with Crippen LogP contribution in [0.2, 0.25) is 0 Å². The lowest BCUT2D eigenvalue weighted by Crippen LogP contribution is -2.46. The second-order valence-corrected chi connectivity index (χ2v) is 8.61. The van der Waals surface area contributed by atoms with E-state index in [9.17, 15) is 14.4 Å². The van der Waals surface area contributed by atoms with Crippen molar-refractivity contribution in [2.75, 3.05) is 4.90 Å². The van der Waals surface area contributed by atoms with Gasteiger partial charge in [-0.05, 0) is 58.2 Å². The summed E-state index contributed by atoms with van der Waals surface area (Å²) in [5.74, 6) is -0.377. The Morgan fingerprint density at radius 2 is 1.72 bits per heavy atom. The molecule has 0 saturated heterocycles. The van der Waals surface area contributed by atoms with E-state index in [4.69, 9.17) is 4.74 Å². The molecule has 0 fully saturated rings. The molecule has 1 atom stereocenters. The van der Waals surface area contributed by atoms with Crippen LogP contribution in [0, 0.1) is 6.92 Å². The number of hydrogen-bond donors (Lipinski definition) is 0. The van der Waals surface area contributed by atoms with Gasteiger partial charge < -0.3 is 9.53 Å². The molecule has 2 amide bonds. The van der Waals surface area contributed by atoms with E-state index in [0.717, 1.165) is 21.6 Å². The smallest absolute Gasteiger partial charge is 0.421 e. The van der Waals surface area contributed by atoms with Crippen LogP contribution in [0.25, 0.3) is 0 Å². The maximum absolute atomic E-state index is 13.8. The van der Waals surface area contributed by atoms with Crippen LogP contribution < -0.4 is 4.90 Å². The Morgan fingerprint density at radius 1 is 1.07 bits per heavy atom. The van der Waals surface area contributed by atoms with E-state index >= 15 is 0 Å². The predicted molar refractivity (Wildman–Crippen MR) is 112 cm³/mol. The summed E-state index contributed by atoms with van der Waals surface area (Å²) < 4.78 is 5.53. The Labute approximate surface area is 171 Å². The van der Waals surface area contributed by atoms with Gasteiger partial charge in [0, 0.05) is 6.42 Å². The number of carbonyl (C=O) groups is 3. The molecule has 0 spiro atoms. The fourth-order valence-electron chi connectivity index (χ4n) is 3.84. The normalized spacial score (nSPS) is 18.5. The van der Waals surface area contributed by atoms with Crippen molar-refractivity contribution in [1.29, 1.82) is 0 Å². The average Bonchev–Trinajstić information content (AvgIpc) is 2.87. The Bertz CT molecular complexity index is 959. The molecule has 2 aromatic carbocycles. The largest absolute Gasteiger partial charge is 0.443 e. The van der Waals surface area contributed by atoms with Crippen molar-refractivity contribution in [2.45, 2.75) is 58.5 Å². The topological polar surface area (TPSA) is 63.7 Å². The molecule has 5 heteroatoms. The van der Waals surface area contributed by atoms with Crippen LogP contribution in [0.15, 0.2) is 48.5 Å². The molecule has 0 radical (unpaired) electrons. The molecule has 1 aliphatic rings. The van der Waals surface area contributed by atoms with Gasteiger partial charge in [0.2, 0.25) is 0 Å². The number of benzene rings is 2. The van der Waals surface area contributed by atoms with Crippen molar-refractivity contribution >= 4 is 23.5 Å². The zero-order valence-corrected chi connectivity index (χ0v) is 17.6. The van der Waals surface area contributed by atoms with Crippen molar-refractivity contribution in [3.05, 3.63) is 65.2 Å². The summed E-state index contributed by atoms with van der Waals surface area (Å²) in [5.41, 5.74) is 1.16. The molecular weight excluding hydrogens is 366 g/mol. The van der Waals surface area contributed by atoms with Gasteiger partial charge in [-0.25, -0.2) is 9.69 Å². The predicted octanol–water partition coefficient (Wildman–Crippen LogP) is 4.93. The number of rotatable bonds is 4. The van der Waals surface area contributed by atoms with E-state index in [-0.39, 0.29) is 18.1 Å². The van der Waals surface area contributed by atoms with Crippen LogP contribution in [0.4, 0.5) is 10.5 Å². The van der Waals surface area contributed by atoms with E-state index < -0.39 is 17.1 Å². The second-order valence-electron chi connectivity index (χ2n) is 8.61. The zero-order valence-electron chi connectivity index (χ0n) is 17.6. The minimum absolute atomic E-state index is 0.00183. The van der Waals surface area contributed by atoms with E-state index in [1.54, 1.807) is 26.8 Å². The summed E-state index contributed by atoms with van der Waals surface area (Å²) in [4.78, 5) is 39.8. The first-order valence-corrected chi connectivity index (χ1v) is 9.80. The third kappa shape index (κ3) is 3.82. The number of ether oxygens (including phenoxy) is 1. The minimum Gasteiger partial charge on any atom is -0.443 e. The number of ketones is 1. The van der Waals surface area contributed by atoms with Crippen LogP contribution >= 0.6 is 0 Å². The van der Waals surface area contributed by atoms with Gasteiger partial charge >= 0.3 is 6.09 Å². The summed E-state index contributed by atoms with van der Waals surface area (Å²) in [6.45, 7) is 8.76. The lowest BCUT2D eigenvalue weighted by atomic mass is 9.71. The van der Waals surface area contributed by atoms with Crippen molar-refractivity contribution in [3.63, 3.8) is 0 Å². The Hall–Kier alpha value is -2.95. The molecular formula is C24H27NO4. The van der Waals surface area contributed by atoms with Gasteiger partial charge in [0.05, 0.1) is 5.69 Å². The number of anilines is 1. The Morgan fingerprint density at radius 3 is 2.31 bits per heavy atom. The average molecular weight is 393 g/mol. The molecule has 152 valence electrons. The van der Waals surface area contributed by atoms with Crippen molar-refractivity contribution < 1.29 is 19.1 Å². The number of nitrogens with zero attached hydrogens (tertiary/aromatic N) is 1. The van der Waals surface area contributed by atoms with Crippen LogP contribution in [-0.2, 0) is 19.7 Å². The SMILES string of the molecule is CC(=O)CC[C@]1(c2ccccc2)C(=O)N(C(=O)OC(C)(C)C)c2ccc(C)cc21. The van der Waals surface area contributed by atoms with E-state index in [1.807, 2.05) is 49.4 Å². The van der Waals surface area contributed by atoms with E-state index in [0.29, 0.717) is 12.1 Å². The first-order chi connectivity index (χ1) is 13.6. The number of imide groups is 1. The molecule has 29 heavy (non-hydrogen) atoms. The van der Waals surface area contributed by atoms with Gasteiger partial charge in [-0.15, -0.1) is 0 Å². The summed E-state index contributed by atoms with van der Waals surface area (Å²) in [6.07, 6.45) is -0.176. The van der Waals surface area contributed by atoms with Gasteiger partial charge in [0.25, 0.3) is 5.91 Å². The van der Waals surface area contributed by atoms with Crippen molar-refractivity contribution in [2.24, 2.45) is 0 Å². The van der Waals surface area contributed by atoms with Gasteiger partial charge in [0.1, 0.15) is 16.8 Å². The van der Waals surface area contributed by atoms with Crippen molar-refractivity contribution in [3.8, 4) is 0 Å². The van der Waals surface area contributed by atoms with Crippen molar-refractivity contribution in [1.82, 2.24) is 0 Å².